The van der Waals surface area contributed by atoms with Crippen LogP contribution in [0, 0.1) is 35.0 Å². The van der Waals surface area contributed by atoms with Crippen molar-refractivity contribution < 1.29 is 15.0 Å². The number of hydrogen-bond donors (Lipinski definition) is 2. The zero-order chi connectivity index (χ0) is 26.2. The molecule has 1 heterocycles. The van der Waals surface area contributed by atoms with Crippen molar-refractivity contribution in [2.45, 2.75) is 83.8 Å². The molecule has 5 rings (SSSR count). The monoisotopic (exact) mass is 501 g/mol. The Morgan fingerprint density at radius 1 is 1.14 bits per heavy atom. The summed E-state index contributed by atoms with van der Waals surface area (Å²) in [5.41, 5.74) is 4.30. The molecule has 0 bridgehead atoms. The molecule has 4 saturated carbocycles. The van der Waals surface area contributed by atoms with E-state index >= 15 is 0 Å². The van der Waals surface area contributed by atoms with Gasteiger partial charge in [-0.25, -0.2) is 0 Å². The third kappa shape index (κ3) is 5.47. The summed E-state index contributed by atoms with van der Waals surface area (Å²) in [4.78, 5) is 17.3. The van der Waals surface area contributed by atoms with Crippen molar-refractivity contribution in [3.63, 3.8) is 0 Å². The number of carbonyl (C=O) groups is 1. The summed E-state index contributed by atoms with van der Waals surface area (Å²) in [6.07, 6.45) is 20.5. The van der Waals surface area contributed by atoms with Gasteiger partial charge >= 0.3 is 0 Å². The molecule has 37 heavy (non-hydrogen) atoms. The van der Waals surface area contributed by atoms with E-state index in [1.54, 1.807) is 12.4 Å². The summed E-state index contributed by atoms with van der Waals surface area (Å²) in [6, 6.07) is 3.68. The van der Waals surface area contributed by atoms with Crippen molar-refractivity contribution in [2.24, 2.45) is 35.0 Å². The molecule has 0 amide bonds. The van der Waals surface area contributed by atoms with E-state index in [4.69, 9.17) is 0 Å². The van der Waals surface area contributed by atoms with Crippen LogP contribution in [0.3, 0.4) is 0 Å². The minimum Gasteiger partial charge on any atom is -0.393 e. The standard InChI is InChI=1S/C33H43NO3/c1-21(6-11-28(23-7-8-23)32(37)25-14-17-34-18-15-25)29-12-13-30-24(5-4-16-33(29,30)3)9-10-26-19-27(35)20-31(36)22(26)2/h6,9-11,14-15,17-18,21,23,27-31,35-36H,2,4-5,7-8,12-13,16,19-20H2,1,3H3/b11-6+,24-9+,26-10-/t21-,27-,28-,29-,30+,31+,33-/m1/s1. The molecule has 4 aliphatic rings. The highest BCUT2D eigenvalue weighted by Crippen LogP contribution is 2.59. The van der Waals surface area contributed by atoms with Gasteiger partial charge in [0.25, 0.3) is 0 Å². The van der Waals surface area contributed by atoms with E-state index in [-0.39, 0.29) is 17.1 Å². The number of aromatic nitrogens is 1. The minimum atomic E-state index is -0.640. The Morgan fingerprint density at radius 3 is 2.62 bits per heavy atom. The molecule has 0 unspecified atom stereocenters. The van der Waals surface area contributed by atoms with E-state index in [0.717, 1.165) is 36.0 Å². The molecular weight excluding hydrogens is 458 g/mol. The van der Waals surface area contributed by atoms with Gasteiger partial charge in [0.2, 0.25) is 0 Å². The molecular formula is C33H43NO3. The molecule has 1 aromatic rings. The van der Waals surface area contributed by atoms with E-state index in [0.29, 0.717) is 36.5 Å². The molecule has 0 saturated heterocycles. The highest BCUT2D eigenvalue weighted by molar-refractivity contribution is 5.99. The van der Waals surface area contributed by atoms with E-state index < -0.39 is 12.2 Å². The van der Waals surface area contributed by atoms with Gasteiger partial charge in [0, 0.05) is 30.3 Å². The van der Waals surface area contributed by atoms with Gasteiger partial charge in [0.1, 0.15) is 0 Å². The van der Waals surface area contributed by atoms with Crippen LogP contribution in [0.25, 0.3) is 0 Å². The summed E-state index contributed by atoms with van der Waals surface area (Å²) in [7, 11) is 0. The number of rotatable bonds is 7. The normalized spacial score (nSPS) is 36.2. The first-order valence-corrected chi connectivity index (χ1v) is 14.4. The van der Waals surface area contributed by atoms with E-state index in [9.17, 15) is 15.0 Å². The SMILES string of the molecule is C=C1/C(=C\C=C2/CCC[C@]3(C)[C@@H]([C@H](C)/C=C/[C@@H](C(=O)c4ccncc4)C4CC4)CC[C@@H]23)C[C@@H](O)C[C@@H]1O. The van der Waals surface area contributed by atoms with E-state index in [1.807, 2.05) is 12.1 Å². The molecule has 0 spiro atoms. The highest BCUT2D eigenvalue weighted by atomic mass is 16.3. The van der Waals surface area contributed by atoms with Crippen LogP contribution in [-0.4, -0.2) is 33.2 Å². The summed E-state index contributed by atoms with van der Waals surface area (Å²) in [5, 5.41) is 20.3. The number of carbonyl (C=O) groups excluding carboxylic acids is 1. The number of allylic oxidation sites excluding steroid dienone is 5. The molecule has 4 fully saturated rings. The zero-order valence-electron chi connectivity index (χ0n) is 22.5. The lowest BCUT2D eigenvalue weighted by Gasteiger charge is -2.44. The second kappa shape index (κ2) is 10.8. The molecule has 198 valence electrons. The lowest BCUT2D eigenvalue weighted by atomic mass is 9.61. The Labute approximate surface area is 222 Å². The van der Waals surface area contributed by atoms with Crippen molar-refractivity contribution in [3.05, 3.63) is 77.7 Å². The average molecular weight is 502 g/mol. The van der Waals surface area contributed by atoms with Crippen LogP contribution in [0.5, 0.6) is 0 Å². The number of ketones is 1. The number of hydrogen-bond acceptors (Lipinski definition) is 4. The van der Waals surface area contributed by atoms with Crippen LogP contribution < -0.4 is 0 Å². The molecule has 0 aliphatic heterocycles. The van der Waals surface area contributed by atoms with Crippen molar-refractivity contribution in [1.82, 2.24) is 4.98 Å². The predicted molar refractivity (Wildman–Crippen MR) is 148 cm³/mol. The number of aliphatic hydroxyl groups excluding tert-OH is 2. The summed E-state index contributed by atoms with van der Waals surface area (Å²) >= 11 is 0. The molecule has 2 N–H and O–H groups in total. The van der Waals surface area contributed by atoms with Crippen molar-refractivity contribution >= 4 is 5.78 Å². The number of pyridine rings is 1. The quantitative estimate of drug-likeness (QED) is 0.325. The fraction of sp³-hybridized carbons (Fsp3) is 0.576. The minimum absolute atomic E-state index is 0.0161. The maximum absolute atomic E-state index is 13.2. The maximum Gasteiger partial charge on any atom is 0.170 e. The van der Waals surface area contributed by atoms with Gasteiger partial charge in [-0.1, -0.05) is 50.3 Å². The summed E-state index contributed by atoms with van der Waals surface area (Å²) in [5.74, 6) is 2.32. The van der Waals surface area contributed by atoms with Crippen LogP contribution in [0.15, 0.2) is 72.1 Å². The van der Waals surface area contributed by atoms with E-state index in [2.05, 4.69) is 49.7 Å². The molecule has 4 aliphatic carbocycles. The van der Waals surface area contributed by atoms with Crippen molar-refractivity contribution in [3.8, 4) is 0 Å². The molecule has 0 radical (unpaired) electrons. The lowest BCUT2D eigenvalue weighted by Crippen LogP contribution is -2.35. The second-order valence-electron chi connectivity index (χ2n) is 12.4. The van der Waals surface area contributed by atoms with E-state index in [1.165, 1.54) is 31.3 Å². The molecule has 1 aromatic heterocycles. The van der Waals surface area contributed by atoms with Crippen LogP contribution in [-0.2, 0) is 0 Å². The third-order valence-electron chi connectivity index (χ3n) is 9.96. The highest BCUT2D eigenvalue weighted by Gasteiger charge is 2.50. The fourth-order valence-corrected chi connectivity index (χ4v) is 7.66. The van der Waals surface area contributed by atoms with Gasteiger partial charge in [0.15, 0.2) is 5.78 Å². The molecule has 4 nitrogen and oxygen atoms in total. The van der Waals surface area contributed by atoms with Crippen LogP contribution in [0.1, 0.15) is 82.0 Å². The van der Waals surface area contributed by atoms with Crippen molar-refractivity contribution in [2.75, 3.05) is 0 Å². The fourth-order valence-electron chi connectivity index (χ4n) is 7.66. The third-order valence-corrected chi connectivity index (χ3v) is 9.96. The Balaban J connectivity index is 1.30. The maximum atomic E-state index is 13.2. The van der Waals surface area contributed by atoms with Crippen LogP contribution in [0.2, 0.25) is 0 Å². The van der Waals surface area contributed by atoms with Gasteiger partial charge < -0.3 is 10.2 Å². The first kappa shape index (κ1) is 26.3. The summed E-state index contributed by atoms with van der Waals surface area (Å²) < 4.78 is 0. The Bertz CT molecular complexity index is 1100. The molecule has 0 aromatic carbocycles. The topological polar surface area (TPSA) is 70.4 Å². The number of fused-ring (bicyclic) bond motifs is 1. The predicted octanol–water partition coefficient (Wildman–Crippen LogP) is 6.62. The second-order valence-corrected chi connectivity index (χ2v) is 12.4. The van der Waals surface area contributed by atoms with Crippen molar-refractivity contribution in [1.29, 1.82) is 0 Å². The van der Waals surface area contributed by atoms with Gasteiger partial charge in [0.05, 0.1) is 12.2 Å². The van der Waals surface area contributed by atoms with Gasteiger partial charge in [-0.3, -0.25) is 9.78 Å². The Kier molecular flexibility index (Phi) is 7.70. The smallest absolute Gasteiger partial charge is 0.170 e. The molecule has 7 atom stereocenters. The zero-order valence-corrected chi connectivity index (χ0v) is 22.5. The largest absolute Gasteiger partial charge is 0.393 e. The van der Waals surface area contributed by atoms with Gasteiger partial charge in [-0.05, 0) is 104 Å². The van der Waals surface area contributed by atoms with Gasteiger partial charge in [-0.15, -0.1) is 0 Å². The van der Waals surface area contributed by atoms with Gasteiger partial charge in [-0.2, -0.15) is 0 Å². The first-order valence-electron chi connectivity index (χ1n) is 14.4. The first-order chi connectivity index (χ1) is 17.8. The van der Waals surface area contributed by atoms with Crippen LogP contribution in [0.4, 0.5) is 0 Å². The summed E-state index contributed by atoms with van der Waals surface area (Å²) in [6.45, 7) is 8.92. The average Bonchev–Trinajstić information content (AvgIpc) is 3.66. The van der Waals surface area contributed by atoms with Crippen LogP contribution >= 0.6 is 0 Å². The lowest BCUT2D eigenvalue weighted by molar-refractivity contribution is 0.0861. The number of nitrogens with zero attached hydrogens (tertiary/aromatic N) is 1. The number of Topliss-reactive ketones (excluding diaryl/α,β-unsaturated/α-hetero) is 1. The number of aliphatic hydroxyl groups is 2. The molecule has 4 heteroatoms. The Morgan fingerprint density at radius 2 is 1.89 bits per heavy atom. The Hall–Kier alpha value is -2.30.